The molecule has 0 aromatic carbocycles. The van der Waals surface area contributed by atoms with E-state index < -0.39 is 26.6 Å². The summed E-state index contributed by atoms with van der Waals surface area (Å²) in [5, 5.41) is 13.9. The summed E-state index contributed by atoms with van der Waals surface area (Å²) < 4.78 is 23.4. The van der Waals surface area contributed by atoms with Gasteiger partial charge in [-0.05, 0) is 44.9 Å². The Kier molecular flexibility index (Phi) is 55.5. The molecule has 1 amide bonds. The van der Waals surface area contributed by atoms with Gasteiger partial charge < -0.3 is 28.8 Å². The minimum Gasteiger partial charge on any atom is -0.756 e. The van der Waals surface area contributed by atoms with Crippen LogP contribution in [0.3, 0.4) is 0 Å². The number of rotatable bonds is 60. The standard InChI is InChI=1S/C65H127N2O6P/c1-6-8-10-12-14-16-18-20-22-24-26-28-30-31-32-33-34-35-37-38-40-42-44-46-48-50-52-54-56-58-64(68)63(62-73-74(70,71)72-61-60-67(3,4)5)66-65(69)59-57-55-53-51-49-47-45-43-41-39-36-29-27-25-23-21-19-17-15-13-11-9-7-2/h40,42,48,50,56,58,63-64,68H,6-39,41,43-47,49,51-55,57,59-62H2,1-5H3,(H-,66,69,70,71)/b42-40+,50-48+,58-56+. The van der Waals surface area contributed by atoms with Crippen LogP contribution in [0, 0.1) is 0 Å². The number of aliphatic hydroxyl groups excluding tert-OH is 1. The number of hydrogen-bond acceptors (Lipinski definition) is 6. The van der Waals surface area contributed by atoms with Gasteiger partial charge in [0, 0.05) is 6.42 Å². The molecule has 0 aliphatic heterocycles. The molecule has 0 saturated carbocycles. The summed E-state index contributed by atoms with van der Waals surface area (Å²) in [5.74, 6) is -0.205. The number of aliphatic hydroxyl groups is 1. The molecule has 74 heavy (non-hydrogen) atoms. The Morgan fingerprint density at radius 1 is 0.459 bits per heavy atom. The van der Waals surface area contributed by atoms with Crippen LogP contribution >= 0.6 is 7.82 Å². The topological polar surface area (TPSA) is 108 Å². The molecule has 0 bridgehead atoms. The lowest BCUT2D eigenvalue weighted by Gasteiger charge is -2.29. The van der Waals surface area contributed by atoms with Crippen molar-refractivity contribution in [1.29, 1.82) is 0 Å². The van der Waals surface area contributed by atoms with Gasteiger partial charge in [0.25, 0.3) is 7.82 Å². The van der Waals surface area contributed by atoms with Gasteiger partial charge in [-0.2, -0.15) is 0 Å². The molecule has 0 heterocycles. The fourth-order valence-electron chi connectivity index (χ4n) is 9.78. The lowest BCUT2D eigenvalue weighted by atomic mass is 10.0. The van der Waals surface area contributed by atoms with E-state index in [9.17, 15) is 19.4 Å². The third kappa shape index (κ3) is 58.4. The zero-order valence-electron chi connectivity index (χ0n) is 50.1. The third-order valence-electron chi connectivity index (χ3n) is 14.8. The number of hydrogen-bond donors (Lipinski definition) is 2. The Balaban J connectivity index is 4.17. The second-order valence-electron chi connectivity index (χ2n) is 23.5. The van der Waals surface area contributed by atoms with Crippen molar-refractivity contribution in [3.8, 4) is 0 Å². The first kappa shape index (κ1) is 72.7. The van der Waals surface area contributed by atoms with Gasteiger partial charge in [0.15, 0.2) is 0 Å². The molecule has 0 saturated heterocycles. The van der Waals surface area contributed by atoms with E-state index in [0.717, 1.165) is 44.9 Å². The summed E-state index contributed by atoms with van der Waals surface area (Å²) in [6.45, 7) is 4.67. The predicted octanol–water partition coefficient (Wildman–Crippen LogP) is 19.5. The van der Waals surface area contributed by atoms with Crippen LogP contribution in [0.4, 0.5) is 0 Å². The maximum atomic E-state index is 13.0. The van der Waals surface area contributed by atoms with Gasteiger partial charge in [0.2, 0.25) is 5.91 Å². The molecule has 2 N–H and O–H groups in total. The van der Waals surface area contributed by atoms with Crippen LogP contribution in [0.1, 0.15) is 322 Å². The highest BCUT2D eigenvalue weighted by Crippen LogP contribution is 2.38. The molecule has 0 aliphatic rings. The fraction of sp³-hybridized carbons (Fsp3) is 0.892. The number of nitrogens with zero attached hydrogens (tertiary/aromatic N) is 1. The SMILES string of the molecule is CCCCCCCCCCCCCCCCCCCCC/C=C/CC/C=C/CC/C=C/C(O)C(COP(=O)([O-])OCC[N+](C)(C)C)NC(=O)CCCCCCCCCCCCCCCCCCCCCCCCC. The maximum absolute atomic E-state index is 13.0. The molecule has 3 atom stereocenters. The first-order valence-corrected chi connectivity index (χ1v) is 33.8. The molecule has 0 radical (unpaired) electrons. The van der Waals surface area contributed by atoms with Crippen molar-refractivity contribution in [3.05, 3.63) is 36.5 Å². The second-order valence-corrected chi connectivity index (χ2v) is 24.9. The van der Waals surface area contributed by atoms with Crippen molar-refractivity contribution >= 4 is 13.7 Å². The summed E-state index contributed by atoms with van der Waals surface area (Å²) in [5.41, 5.74) is 0. The van der Waals surface area contributed by atoms with Crippen LogP contribution < -0.4 is 10.2 Å². The summed E-state index contributed by atoms with van der Waals surface area (Å²) in [6.07, 6.45) is 74.0. The van der Waals surface area contributed by atoms with Crippen LogP contribution in [0.15, 0.2) is 36.5 Å². The summed E-state index contributed by atoms with van der Waals surface area (Å²) in [6, 6.07) is -0.909. The molecule has 3 unspecified atom stereocenters. The Hall–Kier alpha value is -1.28. The summed E-state index contributed by atoms with van der Waals surface area (Å²) in [7, 11) is 1.25. The molecule has 0 rings (SSSR count). The molecule has 0 aromatic rings. The van der Waals surface area contributed by atoms with E-state index in [1.807, 2.05) is 27.2 Å². The summed E-state index contributed by atoms with van der Waals surface area (Å²) >= 11 is 0. The number of phosphoric acid groups is 1. The average molecular weight is 1060 g/mol. The zero-order valence-corrected chi connectivity index (χ0v) is 51.0. The van der Waals surface area contributed by atoms with Gasteiger partial charge in [-0.3, -0.25) is 9.36 Å². The monoisotopic (exact) mass is 1060 g/mol. The van der Waals surface area contributed by atoms with Crippen molar-refractivity contribution < 1.29 is 32.9 Å². The normalized spacial score (nSPS) is 14.0. The van der Waals surface area contributed by atoms with Crippen molar-refractivity contribution in [2.24, 2.45) is 0 Å². The van der Waals surface area contributed by atoms with E-state index in [4.69, 9.17) is 9.05 Å². The van der Waals surface area contributed by atoms with Gasteiger partial charge >= 0.3 is 0 Å². The Morgan fingerprint density at radius 2 is 0.757 bits per heavy atom. The predicted molar refractivity (Wildman–Crippen MR) is 321 cm³/mol. The number of carbonyl (C=O) groups is 1. The van der Waals surface area contributed by atoms with Crippen molar-refractivity contribution in [2.75, 3.05) is 40.9 Å². The van der Waals surface area contributed by atoms with Gasteiger partial charge in [-0.15, -0.1) is 0 Å². The van der Waals surface area contributed by atoms with Crippen LogP contribution in [0.25, 0.3) is 0 Å². The Bertz CT molecular complexity index is 1300. The highest BCUT2D eigenvalue weighted by molar-refractivity contribution is 7.45. The van der Waals surface area contributed by atoms with Gasteiger partial charge in [0.05, 0.1) is 39.9 Å². The number of quaternary nitrogens is 1. The van der Waals surface area contributed by atoms with E-state index >= 15 is 0 Å². The first-order chi connectivity index (χ1) is 36.0. The van der Waals surface area contributed by atoms with Crippen molar-refractivity contribution in [3.63, 3.8) is 0 Å². The number of amides is 1. The van der Waals surface area contributed by atoms with E-state index in [0.29, 0.717) is 17.4 Å². The highest BCUT2D eigenvalue weighted by Gasteiger charge is 2.23. The Labute approximate surface area is 461 Å². The number of nitrogens with one attached hydrogen (secondary N) is 1. The number of likely N-dealkylation sites (N-methyl/N-ethyl adjacent to an activating group) is 1. The lowest BCUT2D eigenvalue weighted by Crippen LogP contribution is -2.45. The Morgan fingerprint density at radius 3 is 1.09 bits per heavy atom. The van der Waals surface area contributed by atoms with Crippen LogP contribution in [0.5, 0.6) is 0 Å². The smallest absolute Gasteiger partial charge is 0.268 e. The lowest BCUT2D eigenvalue weighted by molar-refractivity contribution is -0.870. The summed E-state index contributed by atoms with van der Waals surface area (Å²) in [4.78, 5) is 25.6. The largest absolute Gasteiger partial charge is 0.756 e. The van der Waals surface area contributed by atoms with Gasteiger partial charge in [-0.25, -0.2) is 0 Å². The van der Waals surface area contributed by atoms with Crippen LogP contribution in [-0.4, -0.2) is 68.5 Å². The van der Waals surface area contributed by atoms with Crippen LogP contribution in [0.2, 0.25) is 0 Å². The van der Waals surface area contributed by atoms with Gasteiger partial charge in [-0.1, -0.05) is 307 Å². The van der Waals surface area contributed by atoms with E-state index in [-0.39, 0.29) is 12.5 Å². The number of allylic oxidation sites excluding steroid dienone is 5. The quantitative estimate of drug-likeness (QED) is 0.0272. The van der Waals surface area contributed by atoms with E-state index in [2.05, 4.69) is 43.5 Å². The molecular formula is C65H127N2O6P. The van der Waals surface area contributed by atoms with Crippen molar-refractivity contribution in [2.45, 2.75) is 334 Å². The number of phosphoric ester groups is 1. The molecule has 438 valence electrons. The third-order valence-corrected chi connectivity index (χ3v) is 15.8. The van der Waals surface area contributed by atoms with Crippen molar-refractivity contribution in [1.82, 2.24) is 5.32 Å². The molecule has 0 fully saturated rings. The zero-order chi connectivity index (χ0) is 54.2. The molecular weight excluding hydrogens is 936 g/mol. The molecule has 0 aliphatic carbocycles. The van der Waals surface area contributed by atoms with Crippen LogP contribution in [-0.2, 0) is 18.4 Å². The molecule has 0 aromatic heterocycles. The van der Waals surface area contributed by atoms with E-state index in [1.54, 1.807) is 6.08 Å². The average Bonchev–Trinajstić information content (AvgIpc) is 3.36. The van der Waals surface area contributed by atoms with Gasteiger partial charge in [0.1, 0.15) is 13.2 Å². The highest BCUT2D eigenvalue weighted by atomic mass is 31.2. The maximum Gasteiger partial charge on any atom is 0.268 e. The minimum atomic E-state index is -4.61. The second kappa shape index (κ2) is 56.4. The number of carbonyl (C=O) groups excluding carboxylic acids is 1. The first-order valence-electron chi connectivity index (χ1n) is 32.4. The van der Waals surface area contributed by atoms with E-state index in [1.165, 1.54) is 257 Å². The molecule has 0 spiro atoms. The molecule has 9 heteroatoms. The minimum absolute atomic E-state index is 0.00719. The molecule has 8 nitrogen and oxygen atoms in total. The fourth-order valence-corrected chi connectivity index (χ4v) is 10.5. The number of unbranched alkanes of at least 4 members (excludes halogenated alkanes) is 43.